The quantitative estimate of drug-likeness (QED) is 0.450. The Morgan fingerprint density at radius 2 is 1.55 bits per heavy atom. The van der Waals surface area contributed by atoms with Gasteiger partial charge >= 0.3 is 0 Å². The third-order valence-electron chi connectivity index (χ3n) is 6.18. The number of amides is 1. The molecule has 172 valence electrons. The van der Waals surface area contributed by atoms with E-state index in [1.54, 1.807) is 27.4 Å². The van der Waals surface area contributed by atoms with E-state index in [-0.39, 0.29) is 17.4 Å². The van der Waals surface area contributed by atoms with Crippen LogP contribution >= 0.6 is 0 Å². The summed E-state index contributed by atoms with van der Waals surface area (Å²) in [6.07, 6.45) is 1.35. The number of hydrogen-bond acceptors (Lipinski definition) is 6. The predicted molar refractivity (Wildman–Crippen MR) is 126 cm³/mol. The van der Waals surface area contributed by atoms with E-state index in [1.807, 2.05) is 37.3 Å². The standard InChI is InChI=1S/C26H27NO6/c1-15-5-7-18(14-19(15)16-11-22(31-2)24(33-4)23(12-16)32-3)27-25(30)26(9-10-26)17-6-8-20(28)21(29)13-17/h5-8,11-14,28-29H,9-10H2,1-4H3,(H,27,30). The van der Waals surface area contributed by atoms with Crippen molar-refractivity contribution in [2.24, 2.45) is 0 Å². The molecule has 0 radical (unpaired) electrons. The minimum atomic E-state index is -0.706. The smallest absolute Gasteiger partial charge is 0.235 e. The van der Waals surface area contributed by atoms with Crippen LogP contribution in [0.25, 0.3) is 11.1 Å². The van der Waals surface area contributed by atoms with Gasteiger partial charge in [-0.25, -0.2) is 0 Å². The molecule has 3 aromatic carbocycles. The molecular weight excluding hydrogens is 422 g/mol. The highest BCUT2D eigenvalue weighted by atomic mass is 16.5. The van der Waals surface area contributed by atoms with E-state index in [1.165, 1.54) is 12.1 Å². The highest BCUT2D eigenvalue weighted by Gasteiger charge is 2.51. The second-order valence-electron chi connectivity index (χ2n) is 8.18. The first kappa shape index (κ1) is 22.3. The van der Waals surface area contributed by atoms with Crippen LogP contribution in [0.5, 0.6) is 28.7 Å². The zero-order chi connectivity index (χ0) is 23.8. The zero-order valence-electron chi connectivity index (χ0n) is 19.1. The average molecular weight is 450 g/mol. The third-order valence-corrected chi connectivity index (χ3v) is 6.18. The number of ether oxygens (including phenoxy) is 3. The van der Waals surface area contributed by atoms with Gasteiger partial charge < -0.3 is 29.7 Å². The molecule has 0 atom stereocenters. The van der Waals surface area contributed by atoms with Crippen molar-refractivity contribution in [3.63, 3.8) is 0 Å². The molecule has 7 nitrogen and oxygen atoms in total. The third kappa shape index (κ3) is 4.02. The number of benzene rings is 3. The summed E-state index contributed by atoms with van der Waals surface area (Å²) in [6.45, 7) is 1.99. The van der Waals surface area contributed by atoms with Crippen molar-refractivity contribution < 1.29 is 29.2 Å². The van der Waals surface area contributed by atoms with E-state index in [4.69, 9.17) is 14.2 Å². The SMILES string of the molecule is COc1cc(-c2cc(NC(=O)C3(c4ccc(O)c(O)c4)CC3)ccc2C)cc(OC)c1OC. The predicted octanol–water partition coefficient (Wildman–Crippen LogP) is 4.77. The molecule has 4 rings (SSSR count). The summed E-state index contributed by atoms with van der Waals surface area (Å²) in [5, 5.41) is 22.5. The normalized spacial score (nSPS) is 13.8. The maximum absolute atomic E-state index is 13.2. The van der Waals surface area contributed by atoms with Gasteiger partial charge in [-0.05, 0) is 78.4 Å². The number of carbonyl (C=O) groups excluding carboxylic acids is 1. The Bertz CT molecular complexity index is 1190. The minimum absolute atomic E-state index is 0.146. The summed E-state index contributed by atoms with van der Waals surface area (Å²) in [7, 11) is 4.70. The topological polar surface area (TPSA) is 97.3 Å². The zero-order valence-corrected chi connectivity index (χ0v) is 19.1. The number of methoxy groups -OCH3 is 3. The Morgan fingerprint density at radius 1 is 0.879 bits per heavy atom. The van der Waals surface area contributed by atoms with E-state index in [9.17, 15) is 15.0 Å². The van der Waals surface area contributed by atoms with Crippen molar-refractivity contribution in [2.45, 2.75) is 25.2 Å². The van der Waals surface area contributed by atoms with Crippen LogP contribution in [0, 0.1) is 6.92 Å². The first-order chi connectivity index (χ1) is 15.8. The fraction of sp³-hybridized carbons (Fsp3) is 0.269. The second kappa shape index (κ2) is 8.58. The van der Waals surface area contributed by atoms with Gasteiger partial charge in [-0.1, -0.05) is 12.1 Å². The molecule has 0 aliphatic heterocycles. The molecule has 3 aromatic rings. The van der Waals surface area contributed by atoms with Crippen LogP contribution in [0.2, 0.25) is 0 Å². The number of aromatic hydroxyl groups is 2. The maximum Gasteiger partial charge on any atom is 0.235 e. The summed E-state index contributed by atoms with van der Waals surface area (Å²) in [4.78, 5) is 13.2. The summed E-state index contributed by atoms with van der Waals surface area (Å²) < 4.78 is 16.4. The Kier molecular flexibility index (Phi) is 5.80. The summed E-state index contributed by atoms with van der Waals surface area (Å²) >= 11 is 0. The van der Waals surface area contributed by atoms with Gasteiger partial charge in [0.15, 0.2) is 23.0 Å². The fourth-order valence-corrected chi connectivity index (χ4v) is 4.09. The molecule has 0 saturated heterocycles. The number of hydrogen-bond donors (Lipinski definition) is 3. The van der Waals surface area contributed by atoms with Crippen molar-refractivity contribution in [3.8, 4) is 39.9 Å². The number of carbonyl (C=O) groups is 1. The molecule has 33 heavy (non-hydrogen) atoms. The van der Waals surface area contributed by atoms with Gasteiger partial charge in [0.1, 0.15) is 0 Å². The lowest BCUT2D eigenvalue weighted by atomic mass is 9.94. The number of anilines is 1. The van der Waals surface area contributed by atoms with E-state index >= 15 is 0 Å². The Morgan fingerprint density at radius 3 is 2.09 bits per heavy atom. The molecule has 1 aliphatic rings. The second-order valence-corrected chi connectivity index (χ2v) is 8.18. The van der Waals surface area contributed by atoms with Gasteiger partial charge in [0.25, 0.3) is 0 Å². The van der Waals surface area contributed by atoms with E-state index in [0.717, 1.165) is 16.7 Å². The maximum atomic E-state index is 13.2. The summed E-state index contributed by atoms with van der Waals surface area (Å²) in [5.41, 5.74) is 3.44. The molecule has 0 aromatic heterocycles. The van der Waals surface area contributed by atoms with Crippen molar-refractivity contribution in [1.29, 1.82) is 0 Å². The van der Waals surface area contributed by atoms with Gasteiger partial charge in [-0.3, -0.25) is 4.79 Å². The number of phenols is 2. The molecule has 1 fully saturated rings. The van der Waals surface area contributed by atoms with Crippen molar-refractivity contribution in [1.82, 2.24) is 0 Å². The highest BCUT2D eigenvalue weighted by molar-refractivity contribution is 6.02. The molecule has 3 N–H and O–H groups in total. The molecule has 1 saturated carbocycles. The van der Waals surface area contributed by atoms with Crippen LogP contribution in [-0.4, -0.2) is 37.4 Å². The minimum Gasteiger partial charge on any atom is -0.504 e. The lowest BCUT2D eigenvalue weighted by Gasteiger charge is -2.18. The number of rotatable bonds is 7. The van der Waals surface area contributed by atoms with Crippen molar-refractivity contribution in [2.75, 3.05) is 26.6 Å². The van der Waals surface area contributed by atoms with Crippen LogP contribution < -0.4 is 19.5 Å². The fourth-order valence-electron chi connectivity index (χ4n) is 4.09. The number of nitrogens with one attached hydrogen (secondary N) is 1. The van der Waals surface area contributed by atoms with Crippen LogP contribution in [0.15, 0.2) is 48.5 Å². The van der Waals surface area contributed by atoms with Crippen LogP contribution in [0.3, 0.4) is 0 Å². The molecule has 0 unspecified atom stereocenters. The number of aryl methyl sites for hydroxylation is 1. The molecule has 7 heteroatoms. The molecule has 0 heterocycles. The lowest BCUT2D eigenvalue weighted by Crippen LogP contribution is -2.27. The molecule has 0 bridgehead atoms. The van der Waals surface area contributed by atoms with E-state index in [0.29, 0.717) is 41.3 Å². The van der Waals surface area contributed by atoms with Crippen LogP contribution in [-0.2, 0) is 10.2 Å². The van der Waals surface area contributed by atoms with Crippen molar-refractivity contribution in [3.05, 3.63) is 59.7 Å². The molecule has 1 aliphatic carbocycles. The lowest BCUT2D eigenvalue weighted by molar-refractivity contribution is -0.118. The van der Waals surface area contributed by atoms with Gasteiger partial charge in [-0.2, -0.15) is 0 Å². The first-order valence-electron chi connectivity index (χ1n) is 10.6. The average Bonchev–Trinajstić information content (AvgIpc) is 3.63. The Labute approximate surface area is 192 Å². The Hall–Kier alpha value is -3.87. The van der Waals surface area contributed by atoms with Crippen LogP contribution in [0.1, 0.15) is 24.0 Å². The Balaban J connectivity index is 1.66. The molecule has 0 spiro atoms. The van der Waals surface area contributed by atoms with Crippen LogP contribution in [0.4, 0.5) is 5.69 Å². The monoisotopic (exact) mass is 449 g/mol. The molecular formula is C26H27NO6. The van der Waals surface area contributed by atoms with Gasteiger partial charge in [0.2, 0.25) is 11.7 Å². The summed E-state index contributed by atoms with van der Waals surface area (Å²) in [6, 6.07) is 14.0. The highest BCUT2D eigenvalue weighted by Crippen LogP contribution is 2.50. The summed E-state index contributed by atoms with van der Waals surface area (Å²) in [5.74, 6) is 1.02. The van der Waals surface area contributed by atoms with Gasteiger partial charge in [0.05, 0.1) is 26.7 Å². The van der Waals surface area contributed by atoms with Gasteiger partial charge in [0, 0.05) is 5.69 Å². The van der Waals surface area contributed by atoms with E-state index < -0.39 is 5.41 Å². The first-order valence-corrected chi connectivity index (χ1v) is 10.6. The largest absolute Gasteiger partial charge is 0.504 e. The van der Waals surface area contributed by atoms with Gasteiger partial charge in [-0.15, -0.1) is 0 Å². The van der Waals surface area contributed by atoms with E-state index in [2.05, 4.69) is 5.32 Å². The number of phenolic OH excluding ortho intramolecular Hbond substituents is 2. The molecule has 1 amide bonds. The van der Waals surface area contributed by atoms with Crippen molar-refractivity contribution >= 4 is 11.6 Å².